The number of benzene rings is 1. The standard InChI is InChI=1S/C17H19N7.H2O/c1-23-7-9-24(10-8-23)16-14-15(21-17(18)22-16)19-11-13(20-14)12-5-3-2-4-6-12;/h2-6,11H,7-10H2,1H3,(H2,18,19,21,22);1H2. The molecule has 3 heterocycles. The van der Waals surface area contributed by atoms with Crippen LogP contribution in [0.2, 0.25) is 0 Å². The molecule has 1 aromatic carbocycles. The summed E-state index contributed by atoms with van der Waals surface area (Å²) in [5.74, 6) is 1.01. The summed E-state index contributed by atoms with van der Waals surface area (Å²) in [4.78, 5) is 22.4. The van der Waals surface area contributed by atoms with Gasteiger partial charge in [-0.2, -0.15) is 9.97 Å². The summed E-state index contributed by atoms with van der Waals surface area (Å²) in [6.45, 7) is 3.74. The molecule has 25 heavy (non-hydrogen) atoms. The number of rotatable bonds is 2. The van der Waals surface area contributed by atoms with Gasteiger partial charge in [0.25, 0.3) is 0 Å². The first kappa shape index (κ1) is 17.0. The van der Waals surface area contributed by atoms with Crippen LogP contribution in [0.25, 0.3) is 22.4 Å². The first-order chi connectivity index (χ1) is 11.7. The van der Waals surface area contributed by atoms with Gasteiger partial charge < -0.3 is 21.0 Å². The minimum absolute atomic E-state index is 0. The maximum atomic E-state index is 5.88. The summed E-state index contributed by atoms with van der Waals surface area (Å²) in [5.41, 5.74) is 8.96. The number of nitrogens with two attached hydrogens (primary N) is 1. The second kappa shape index (κ2) is 6.96. The Labute approximate surface area is 145 Å². The summed E-state index contributed by atoms with van der Waals surface area (Å²) in [7, 11) is 2.12. The van der Waals surface area contributed by atoms with Gasteiger partial charge in [0.15, 0.2) is 17.0 Å². The monoisotopic (exact) mass is 339 g/mol. The average Bonchev–Trinajstić information content (AvgIpc) is 2.62. The van der Waals surface area contributed by atoms with Gasteiger partial charge in [0.2, 0.25) is 5.95 Å². The Morgan fingerprint density at radius 1 is 0.960 bits per heavy atom. The van der Waals surface area contributed by atoms with Crippen molar-refractivity contribution < 1.29 is 5.48 Å². The fraction of sp³-hybridized carbons (Fsp3) is 0.294. The van der Waals surface area contributed by atoms with E-state index in [9.17, 15) is 0 Å². The molecule has 0 aliphatic carbocycles. The first-order valence-corrected chi connectivity index (χ1v) is 8.00. The topological polar surface area (TPSA) is 116 Å². The molecular formula is C17H21N7O. The molecule has 130 valence electrons. The number of likely N-dealkylation sites (N-methyl/N-ethyl adjacent to an activating group) is 1. The van der Waals surface area contributed by atoms with Crippen molar-refractivity contribution in [2.24, 2.45) is 0 Å². The Morgan fingerprint density at radius 3 is 2.40 bits per heavy atom. The molecule has 3 aromatic rings. The predicted octanol–water partition coefficient (Wildman–Crippen LogP) is 0.596. The van der Waals surface area contributed by atoms with E-state index in [0.29, 0.717) is 11.2 Å². The zero-order valence-electron chi connectivity index (χ0n) is 14.1. The summed E-state index contributed by atoms with van der Waals surface area (Å²) < 4.78 is 0. The Hall–Kier alpha value is -2.84. The van der Waals surface area contributed by atoms with Crippen molar-refractivity contribution in [3.8, 4) is 11.3 Å². The van der Waals surface area contributed by atoms with Crippen molar-refractivity contribution in [2.45, 2.75) is 0 Å². The maximum absolute atomic E-state index is 5.88. The third-order valence-corrected chi connectivity index (χ3v) is 4.28. The van der Waals surface area contributed by atoms with Gasteiger partial charge in [0.05, 0.1) is 11.9 Å². The van der Waals surface area contributed by atoms with E-state index in [0.717, 1.165) is 43.3 Å². The van der Waals surface area contributed by atoms with E-state index in [1.807, 2.05) is 30.3 Å². The van der Waals surface area contributed by atoms with E-state index < -0.39 is 0 Å². The van der Waals surface area contributed by atoms with Gasteiger partial charge in [0.1, 0.15) is 0 Å². The molecule has 0 saturated carbocycles. The average molecular weight is 339 g/mol. The SMILES string of the molecule is CN1CCN(c2nc(N)nc3ncc(-c4ccccc4)nc23)CC1.O. The molecule has 8 nitrogen and oxygen atoms in total. The second-order valence-electron chi connectivity index (χ2n) is 5.99. The molecule has 0 amide bonds. The number of hydrogen-bond acceptors (Lipinski definition) is 7. The first-order valence-electron chi connectivity index (χ1n) is 8.00. The highest BCUT2D eigenvalue weighted by Gasteiger charge is 2.20. The zero-order chi connectivity index (χ0) is 16.5. The van der Waals surface area contributed by atoms with Crippen LogP contribution in [0, 0.1) is 0 Å². The van der Waals surface area contributed by atoms with E-state index >= 15 is 0 Å². The number of nitrogen functional groups attached to an aromatic ring is 1. The van der Waals surface area contributed by atoms with Crippen LogP contribution < -0.4 is 10.6 Å². The highest BCUT2D eigenvalue weighted by molar-refractivity contribution is 5.85. The number of anilines is 2. The largest absolute Gasteiger partial charge is 0.412 e. The second-order valence-corrected chi connectivity index (χ2v) is 5.99. The van der Waals surface area contributed by atoms with Crippen LogP contribution >= 0.6 is 0 Å². The van der Waals surface area contributed by atoms with Gasteiger partial charge in [-0.15, -0.1) is 0 Å². The Kier molecular flexibility index (Phi) is 4.73. The molecule has 0 spiro atoms. The molecular weight excluding hydrogens is 318 g/mol. The third-order valence-electron chi connectivity index (χ3n) is 4.28. The summed E-state index contributed by atoms with van der Waals surface area (Å²) in [6.07, 6.45) is 1.73. The Balaban J connectivity index is 0.00000182. The zero-order valence-corrected chi connectivity index (χ0v) is 14.1. The minimum Gasteiger partial charge on any atom is -0.412 e. The number of fused-ring (bicyclic) bond motifs is 1. The molecule has 4 N–H and O–H groups in total. The van der Waals surface area contributed by atoms with Crippen molar-refractivity contribution in [2.75, 3.05) is 43.9 Å². The normalized spacial score (nSPS) is 15.2. The highest BCUT2D eigenvalue weighted by Crippen LogP contribution is 2.25. The Bertz CT molecular complexity index is 864. The fourth-order valence-corrected chi connectivity index (χ4v) is 2.90. The number of hydrogen-bond donors (Lipinski definition) is 1. The fourth-order valence-electron chi connectivity index (χ4n) is 2.90. The molecule has 0 radical (unpaired) electrons. The van der Waals surface area contributed by atoms with Crippen molar-refractivity contribution in [1.82, 2.24) is 24.8 Å². The molecule has 1 saturated heterocycles. The van der Waals surface area contributed by atoms with Gasteiger partial charge in [-0.3, -0.25) is 0 Å². The van der Waals surface area contributed by atoms with E-state index in [4.69, 9.17) is 10.7 Å². The molecule has 1 aliphatic heterocycles. The maximum Gasteiger partial charge on any atom is 0.224 e. The molecule has 4 rings (SSSR count). The molecule has 8 heteroatoms. The van der Waals surface area contributed by atoms with Gasteiger partial charge in [0, 0.05) is 31.7 Å². The molecule has 0 unspecified atom stereocenters. The lowest BCUT2D eigenvalue weighted by Crippen LogP contribution is -2.45. The number of aromatic nitrogens is 4. The number of nitrogens with zero attached hydrogens (tertiary/aromatic N) is 6. The quantitative estimate of drug-likeness (QED) is 0.726. The molecule has 1 fully saturated rings. The highest BCUT2D eigenvalue weighted by atomic mass is 16.0. The van der Waals surface area contributed by atoms with Crippen molar-refractivity contribution in [3.63, 3.8) is 0 Å². The van der Waals surface area contributed by atoms with Gasteiger partial charge in [-0.1, -0.05) is 30.3 Å². The van der Waals surface area contributed by atoms with Crippen LogP contribution in [-0.4, -0.2) is 63.5 Å². The van der Waals surface area contributed by atoms with Gasteiger partial charge in [-0.05, 0) is 7.05 Å². The third kappa shape index (κ3) is 3.35. The van der Waals surface area contributed by atoms with Crippen LogP contribution in [0.5, 0.6) is 0 Å². The Morgan fingerprint density at radius 2 is 1.68 bits per heavy atom. The predicted molar refractivity (Wildman–Crippen MR) is 98.3 cm³/mol. The molecule has 2 aromatic heterocycles. The van der Waals surface area contributed by atoms with E-state index in [1.54, 1.807) is 6.20 Å². The van der Waals surface area contributed by atoms with E-state index in [-0.39, 0.29) is 11.4 Å². The molecule has 0 bridgehead atoms. The number of piperazine rings is 1. The van der Waals surface area contributed by atoms with Crippen LogP contribution in [0.4, 0.5) is 11.8 Å². The van der Waals surface area contributed by atoms with Crippen molar-refractivity contribution >= 4 is 22.9 Å². The summed E-state index contributed by atoms with van der Waals surface area (Å²) in [6, 6.07) is 9.99. The lowest BCUT2D eigenvalue weighted by Gasteiger charge is -2.33. The lowest BCUT2D eigenvalue weighted by atomic mass is 10.1. The van der Waals surface area contributed by atoms with Gasteiger partial charge in [-0.25, -0.2) is 9.97 Å². The van der Waals surface area contributed by atoms with Crippen molar-refractivity contribution in [1.29, 1.82) is 0 Å². The van der Waals surface area contributed by atoms with Crippen LogP contribution in [0.1, 0.15) is 0 Å². The van der Waals surface area contributed by atoms with E-state index in [2.05, 4.69) is 31.8 Å². The molecule has 0 atom stereocenters. The summed E-state index contributed by atoms with van der Waals surface area (Å²) in [5, 5.41) is 0. The van der Waals surface area contributed by atoms with Crippen LogP contribution in [-0.2, 0) is 0 Å². The summed E-state index contributed by atoms with van der Waals surface area (Å²) >= 11 is 0. The minimum atomic E-state index is 0. The lowest BCUT2D eigenvalue weighted by molar-refractivity contribution is 0.312. The van der Waals surface area contributed by atoms with Crippen molar-refractivity contribution in [3.05, 3.63) is 36.5 Å². The van der Waals surface area contributed by atoms with Gasteiger partial charge >= 0.3 is 0 Å². The van der Waals surface area contributed by atoms with Crippen LogP contribution in [0.3, 0.4) is 0 Å². The van der Waals surface area contributed by atoms with Crippen LogP contribution in [0.15, 0.2) is 36.5 Å². The smallest absolute Gasteiger partial charge is 0.224 e. The van der Waals surface area contributed by atoms with E-state index in [1.165, 1.54) is 0 Å². The molecule has 1 aliphatic rings.